The predicted molar refractivity (Wildman–Crippen MR) is 401 cm³/mol. The Hall–Kier alpha value is -9.10. The molecule has 0 atom stereocenters. The maximum atomic E-state index is 2.48. The molecule has 0 amide bonds. The number of anilines is 6. The van der Waals surface area contributed by atoms with Crippen LogP contribution in [0.4, 0.5) is 34.1 Å². The number of fused-ring (bicyclic) bond motifs is 20. The molecule has 0 saturated heterocycles. The van der Waals surface area contributed by atoms with Gasteiger partial charge >= 0.3 is 0 Å². The van der Waals surface area contributed by atoms with Crippen molar-refractivity contribution in [1.29, 1.82) is 0 Å². The van der Waals surface area contributed by atoms with Crippen molar-refractivity contribution in [2.45, 2.75) is 96.3 Å². The molecule has 18 rings (SSSR count). The number of thiophene rings is 3. The quantitative estimate of drug-likeness (QED) is 0.164. The summed E-state index contributed by atoms with van der Waals surface area (Å²) in [4.78, 5) is 4.88. The van der Waals surface area contributed by atoms with E-state index in [4.69, 9.17) is 0 Å². The third-order valence-electron chi connectivity index (χ3n) is 22.4. The second-order valence-corrected chi connectivity index (χ2v) is 31.7. The van der Waals surface area contributed by atoms with Crippen LogP contribution < -0.4 is 9.80 Å². The summed E-state index contributed by atoms with van der Waals surface area (Å²) in [6.45, 7) is 24.4. The zero-order chi connectivity index (χ0) is 62.8. The van der Waals surface area contributed by atoms with Gasteiger partial charge in [0.15, 0.2) is 0 Å². The fraction of sp³-hybridized carbons (Fsp3) is 0.172. The minimum absolute atomic E-state index is 0.0625. The van der Waals surface area contributed by atoms with Crippen LogP contribution in [0.2, 0.25) is 0 Å². The number of benzene rings is 12. The van der Waals surface area contributed by atoms with E-state index in [9.17, 15) is 0 Å². The number of hydrogen-bond acceptors (Lipinski definition) is 5. The molecule has 3 aliphatic rings. The number of rotatable bonds is 6. The van der Waals surface area contributed by atoms with Gasteiger partial charge in [-0.25, -0.2) is 0 Å². The van der Waals surface area contributed by atoms with E-state index in [1.807, 2.05) is 34.0 Å². The van der Waals surface area contributed by atoms with Crippen LogP contribution in [0.5, 0.6) is 0 Å². The standard InChI is InChI=1S/C45H39NS.C42H33NS2/c1-43(2)36-18-12-10-16-31(36)32-22-20-29(26-37(32)43)46(28-14-8-7-9-15-28)30-21-23-33-34-24-25-40-41(35-17-11-13-19-39(35)47-40)42(34)45(5,6)44(3,4)38(33)27-30;1-41(2)34-25-28(18-20-29(34)31-21-23-38-39(40(31)42(41,3)4)32-15-9-11-17-36(32)45-38)43(26-12-6-5-7-13-26)27-19-22-37-33(24-27)30-14-8-10-16-35(30)44-37/h7-27H,1-6H3;5-25H,1-4H3. The molecule has 0 aliphatic heterocycles. The van der Waals surface area contributed by atoms with Gasteiger partial charge in [0.05, 0.1) is 0 Å². The first-order valence-corrected chi connectivity index (χ1v) is 34.9. The van der Waals surface area contributed by atoms with Crippen LogP contribution in [0.15, 0.2) is 255 Å². The lowest BCUT2D eigenvalue weighted by molar-refractivity contribution is 0.301. The zero-order valence-corrected chi connectivity index (χ0v) is 56.3. The van der Waals surface area contributed by atoms with Gasteiger partial charge in [-0.15, -0.1) is 34.0 Å². The smallest absolute Gasteiger partial charge is 0.0468 e. The molecule has 3 aliphatic carbocycles. The van der Waals surface area contributed by atoms with Crippen molar-refractivity contribution in [3.63, 3.8) is 0 Å². The van der Waals surface area contributed by atoms with E-state index < -0.39 is 0 Å². The molecular weight excluding hydrogens is 1170 g/mol. The van der Waals surface area contributed by atoms with Crippen molar-refractivity contribution in [3.05, 3.63) is 288 Å². The Morgan fingerprint density at radius 2 is 0.565 bits per heavy atom. The average Bonchev–Trinajstić information content (AvgIpc) is 1.01. The molecular formula is C87H72N2S3. The van der Waals surface area contributed by atoms with E-state index in [0.717, 1.165) is 5.69 Å². The van der Waals surface area contributed by atoms with Crippen LogP contribution in [0.25, 0.3) is 93.9 Å². The van der Waals surface area contributed by atoms with Gasteiger partial charge in [-0.1, -0.05) is 215 Å². The van der Waals surface area contributed by atoms with Gasteiger partial charge in [0.2, 0.25) is 0 Å². The van der Waals surface area contributed by atoms with Crippen molar-refractivity contribution in [2.75, 3.05) is 9.80 Å². The molecule has 12 aromatic carbocycles. The first kappa shape index (κ1) is 56.8. The molecule has 0 N–H and O–H groups in total. The van der Waals surface area contributed by atoms with E-state index in [1.54, 1.807) is 0 Å². The number of hydrogen-bond donors (Lipinski definition) is 0. The molecule has 0 saturated carbocycles. The van der Waals surface area contributed by atoms with Crippen LogP contribution in [0, 0.1) is 0 Å². The van der Waals surface area contributed by atoms with Gasteiger partial charge in [-0.3, -0.25) is 0 Å². The van der Waals surface area contributed by atoms with E-state index in [2.05, 4.69) is 334 Å². The lowest BCUT2D eigenvalue weighted by Gasteiger charge is -2.49. The number of para-hydroxylation sites is 2. The van der Waals surface area contributed by atoms with Gasteiger partial charge in [0.1, 0.15) is 0 Å². The van der Waals surface area contributed by atoms with Crippen LogP contribution in [-0.4, -0.2) is 0 Å². The normalized spacial score (nSPS) is 15.7. The Bertz CT molecular complexity index is 5520. The van der Waals surface area contributed by atoms with Crippen LogP contribution in [0.1, 0.15) is 103 Å². The van der Waals surface area contributed by atoms with Crippen molar-refractivity contribution < 1.29 is 0 Å². The first-order valence-electron chi connectivity index (χ1n) is 32.5. The Morgan fingerprint density at radius 3 is 1.07 bits per heavy atom. The molecule has 5 heteroatoms. The van der Waals surface area contributed by atoms with Gasteiger partial charge in [0, 0.05) is 111 Å². The highest BCUT2D eigenvalue weighted by Gasteiger charge is 2.49. The molecule has 0 radical (unpaired) electrons. The summed E-state index contributed by atoms with van der Waals surface area (Å²) in [6.07, 6.45) is 0. The molecule has 92 heavy (non-hydrogen) atoms. The van der Waals surface area contributed by atoms with Crippen molar-refractivity contribution in [1.82, 2.24) is 0 Å². The van der Waals surface area contributed by atoms with Gasteiger partial charge < -0.3 is 9.80 Å². The molecule has 448 valence electrons. The summed E-state index contributed by atoms with van der Waals surface area (Å²) in [5.74, 6) is 0. The Morgan fingerprint density at radius 1 is 0.228 bits per heavy atom. The Balaban J connectivity index is 0.000000141. The van der Waals surface area contributed by atoms with Crippen LogP contribution >= 0.6 is 34.0 Å². The van der Waals surface area contributed by atoms with Gasteiger partial charge in [-0.05, 0) is 187 Å². The van der Waals surface area contributed by atoms with E-state index in [0.29, 0.717) is 0 Å². The molecule has 3 aromatic heterocycles. The van der Waals surface area contributed by atoms with E-state index in [-0.39, 0.29) is 27.1 Å². The highest BCUT2D eigenvalue weighted by Crippen LogP contribution is 2.61. The van der Waals surface area contributed by atoms with E-state index in [1.165, 1.54) is 156 Å². The molecule has 0 bridgehead atoms. The van der Waals surface area contributed by atoms with Crippen molar-refractivity contribution in [3.8, 4) is 33.4 Å². The minimum atomic E-state index is -0.118. The largest absolute Gasteiger partial charge is 0.310 e. The highest BCUT2D eigenvalue weighted by molar-refractivity contribution is 7.26. The zero-order valence-electron chi connectivity index (χ0n) is 53.9. The van der Waals surface area contributed by atoms with Crippen molar-refractivity contribution >= 4 is 129 Å². The summed E-state index contributed by atoms with van der Waals surface area (Å²) in [7, 11) is 0. The Kier molecular flexibility index (Phi) is 12.6. The summed E-state index contributed by atoms with van der Waals surface area (Å²) in [5, 5.41) is 8.26. The summed E-state index contributed by atoms with van der Waals surface area (Å²) >= 11 is 5.70. The predicted octanol–water partition coefficient (Wildman–Crippen LogP) is 26.2. The summed E-state index contributed by atoms with van der Waals surface area (Å²) in [5.41, 5.74) is 23.3. The molecule has 15 aromatic rings. The van der Waals surface area contributed by atoms with Crippen molar-refractivity contribution in [2.24, 2.45) is 0 Å². The molecule has 0 spiro atoms. The molecule has 0 fully saturated rings. The monoisotopic (exact) mass is 1240 g/mol. The van der Waals surface area contributed by atoms with Crippen LogP contribution in [-0.2, 0) is 27.1 Å². The molecule has 3 heterocycles. The Labute approximate surface area is 552 Å². The maximum Gasteiger partial charge on any atom is 0.0468 e. The lowest BCUT2D eigenvalue weighted by atomic mass is 9.55. The van der Waals surface area contributed by atoms with E-state index >= 15 is 0 Å². The fourth-order valence-corrected chi connectivity index (χ4v) is 19.6. The highest BCUT2D eigenvalue weighted by atomic mass is 32.1. The third kappa shape index (κ3) is 8.20. The topological polar surface area (TPSA) is 6.48 Å². The second-order valence-electron chi connectivity index (χ2n) is 28.4. The molecule has 2 nitrogen and oxygen atoms in total. The fourth-order valence-electron chi connectivity index (χ4n) is 16.3. The number of nitrogens with zero attached hydrogens (tertiary/aromatic N) is 2. The lowest BCUT2D eigenvalue weighted by Crippen LogP contribution is -2.43. The maximum absolute atomic E-state index is 2.48. The second kappa shape index (κ2) is 20.4. The summed E-state index contributed by atoms with van der Waals surface area (Å²) in [6, 6.07) is 95.1. The third-order valence-corrected chi connectivity index (χ3v) is 25.8. The SMILES string of the molecule is CC1(C)c2cc(N(c3ccccc3)c3ccc4sc5ccccc5c4c3)ccc2-c2ccc3sc4ccccc4c3c2C1(C)C.CC1(C)c2ccccc2-c2ccc(N(c3ccccc3)c3ccc4c(c3)C(C)(C)C(C)(C)c3c-4ccc4sc5ccccc5c34)cc21. The molecule has 0 unspecified atom stereocenters. The first-order chi connectivity index (χ1) is 44.4. The average molecular weight is 1240 g/mol. The minimum Gasteiger partial charge on any atom is -0.310 e. The van der Waals surface area contributed by atoms with Gasteiger partial charge in [0.25, 0.3) is 0 Å². The van der Waals surface area contributed by atoms with Crippen LogP contribution in [0.3, 0.4) is 0 Å². The summed E-state index contributed by atoms with van der Waals surface area (Å²) < 4.78 is 8.15. The van der Waals surface area contributed by atoms with Gasteiger partial charge in [-0.2, -0.15) is 0 Å².